The Morgan fingerprint density at radius 1 is 1.03 bits per heavy atom. The van der Waals surface area contributed by atoms with Gasteiger partial charge in [0.2, 0.25) is 11.8 Å². The Morgan fingerprint density at radius 2 is 1.76 bits per heavy atom. The van der Waals surface area contributed by atoms with Crippen molar-refractivity contribution in [3.63, 3.8) is 0 Å². The van der Waals surface area contributed by atoms with Crippen molar-refractivity contribution < 1.29 is 9.59 Å². The molecule has 0 aromatic heterocycles. The van der Waals surface area contributed by atoms with Gasteiger partial charge in [0.1, 0.15) is 0 Å². The van der Waals surface area contributed by atoms with E-state index in [1.54, 1.807) is 11.8 Å². The Hall–Kier alpha value is -2.31. The number of likely N-dealkylation sites (N-methyl/N-ethyl adjacent to an activating group) is 1. The zero-order valence-corrected chi connectivity index (χ0v) is 18.0. The molecule has 0 atom stereocenters. The minimum Gasteiger partial charge on any atom is -0.337 e. The summed E-state index contributed by atoms with van der Waals surface area (Å²) in [6, 6.07) is 18.1. The summed E-state index contributed by atoms with van der Waals surface area (Å²) < 4.78 is 0. The number of thioether (sulfide) groups is 1. The fraction of sp³-hybridized carbons (Fsp3) is 0.391. The fourth-order valence-corrected chi connectivity index (χ4v) is 4.30. The Balaban J connectivity index is 1.58. The summed E-state index contributed by atoms with van der Waals surface area (Å²) in [6.07, 6.45) is 1.11. The summed E-state index contributed by atoms with van der Waals surface area (Å²) in [4.78, 5) is 32.3. The molecular weight excluding hydrogens is 382 g/mol. The molecule has 2 aromatic rings. The average Bonchev–Trinajstić information content (AvgIpc) is 2.73. The molecule has 6 heteroatoms. The Bertz CT molecular complexity index is 826. The highest BCUT2D eigenvalue weighted by molar-refractivity contribution is 8.00. The van der Waals surface area contributed by atoms with Gasteiger partial charge in [0, 0.05) is 37.5 Å². The number of benzene rings is 2. The van der Waals surface area contributed by atoms with Gasteiger partial charge < -0.3 is 14.7 Å². The lowest BCUT2D eigenvalue weighted by molar-refractivity contribution is -0.132. The van der Waals surface area contributed by atoms with E-state index in [2.05, 4.69) is 17.0 Å². The first-order valence-electron chi connectivity index (χ1n) is 10.0. The monoisotopic (exact) mass is 411 g/mol. The number of carbonyl (C=O) groups excluding carboxylic acids is 2. The smallest absolute Gasteiger partial charge is 0.237 e. The second kappa shape index (κ2) is 10.5. The third-order valence-electron chi connectivity index (χ3n) is 4.97. The molecule has 1 aliphatic heterocycles. The molecule has 0 unspecified atom stereocenters. The second-order valence-corrected chi connectivity index (χ2v) is 8.53. The lowest BCUT2D eigenvalue weighted by atomic mass is 10.2. The SMILES string of the molecule is CN(C)CCN(Cc1ccccc1)C(=O)CCCN1C(=O)CSc2ccccc21. The number of fused-ring (bicyclic) bond motifs is 1. The maximum Gasteiger partial charge on any atom is 0.237 e. The van der Waals surface area contributed by atoms with E-state index in [0.717, 1.165) is 22.7 Å². The molecule has 0 radical (unpaired) electrons. The van der Waals surface area contributed by atoms with E-state index in [4.69, 9.17) is 0 Å². The van der Waals surface area contributed by atoms with Gasteiger partial charge in [-0.1, -0.05) is 42.5 Å². The lowest BCUT2D eigenvalue weighted by Crippen LogP contribution is -2.38. The van der Waals surface area contributed by atoms with Crippen molar-refractivity contribution in [3.05, 3.63) is 60.2 Å². The molecule has 0 bridgehead atoms. The van der Waals surface area contributed by atoms with Crippen molar-refractivity contribution >= 4 is 29.3 Å². The molecule has 0 aliphatic carbocycles. The van der Waals surface area contributed by atoms with Gasteiger partial charge in [-0.3, -0.25) is 9.59 Å². The summed E-state index contributed by atoms with van der Waals surface area (Å²) in [5, 5.41) is 0. The van der Waals surface area contributed by atoms with Crippen LogP contribution in [0, 0.1) is 0 Å². The topological polar surface area (TPSA) is 43.9 Å². The van der Waals surface area contributed by atoms with Crippen LogP contribution < -0.4 is 4.90 Å². The van der Waals surface area contributed by atoms with E-state index < -0.39 is 0 Å². The minimum atomic E-state index is 0.120. The summed E-state index contributed by atoms with van der Waals surface area (Å²) in [7, 11) is 4.03. The summed E-state index contributed by atoms with van der Waals surface area (Å²) in [6.45, 7) is 2.72. The molecule has 3 rings (SSSR count). The second-order valence-electron chi connectivity index (χ2n) is 7.51. The summed E-state index contributed by atoms with van der Waals surface area (Å²) in [5.74, 6) is 0.728. The zero-order chi connectivity index (χ0) is 20.6. The van der Waals surface area contributed by atoms with Gasteiger partial charge in [0.05, 0.1) is 11.4 Å². The fourth-order valence-electron chi connectivity index (χ4n) is 3.36. The minimum absolute atomic E-state index is 0.120. The lowest BCUT2D eigenvalue weighted by Gasteiger charge is -2.29. The maximum atomic E-state index is 12.9. The predicted molar refractivity (Wildman–Crippen MR) is 119 cm³/mol. The average molecular weight is 412 g/mol. The van der Waals surface area contributed by atoms with Crippen molar-refractivity contribution in [2.45, 2.75) is 24.3 Å². The van der Waals surface area contributed by atoms with Crippen molar-refractivity contribution in [2.24, 2.45) is 0 Å². The Labute approximate surface area is 177 Å². The number of hydrogen-bond acceptors (Lipinski definition) is 4. The molecule has 0 saturated carbocycles. The van der Waals surface area contributed by atoms with Gasteiger partial charge in [-0.25, -0.2) is 0 Å². The molecule has 0 saturated heterocycles. The molecule has 2 aromatic carbocycles. The van der Waals surface area contributed by atoms with Crippen LogP contribution in [0.25, 0.3) is 0 Å². The molecule has 5 nitrogen and oxygen atoms in total. The zero-order valence-electron chi connectivity index (χ0n) is 17.2. The van der Waals surface area contributed by atoms with Crippen molar-refractivity contribution in [1.82, 2.24) is 9.80 Å². The number of nitrogens with zero attached hydrogens (tertiary/aromatic N) is 3. The predicted octanol–water partition coefficient (Wildman–Crippen LogP) is 3.50. The molecule has 0 spiro atoms. The van der Waals surface area contributed by atoms with Gasteiger partial charge in [-0.05, 0) is 38.2 Å². The standard InChI is InChI=1S/C23H29N3O2S/c1-24(2)15-16-25(17-19-9-4-3-5-10-19)22(27)13-8-14-26-20-11-6-7-12-21(20)29-18-23(26)28/h3-7,9-12H,8,13-18H2,1-2H3. The molecule has 29 heavy (non-hydrogen) atoms. The van der Waals surface area contributed by atoms with Crippen LogP contribution in [0.1, 0.15) is 18.4 Å². The van der Waals surface area contributed by atoms with Gasteiger partial charge in [0.25, 0.3) is 0 Å². The largest absolute Gasteiger partial charge is 0.337 e. The van der Waals surface area contributed by atoms with Crippen molar-refractivity contribution in [1.29, 1.82) is 0 Å². The molecule has 154 valence electrons. The molecule has 1 heterocycles. The third kappa shape index (κ3) is 6.08. The van der Waals surface area contributed by atoms with Crippen LogP contribution in [0.4, 0.5) is 5.69 Å². The van der Waals surface area contributed by atoms with Crippen molar-refractivity contribution in [2.75, 3.05) is 44.4 Å². The van der Waals surface area contributed by atoms with Crippen LogP contribution in [-0.4, -0.2) is 61.1 Å². The number of rotatable bonds is 9. The van der Waals surface area contributed by atoms with E-state index in [1.807, 2.05) is 66.4 Å². The number of amides is 2. The first kappa shape index (κ1) is 21.4. The van der Waals surface area contributed by atoms with Crippen LogP contribution in [-0.2, 0) is 16.1 Å². The molecule has 0 fully saturated rings. The first-order valence-corrected chi connectivity index (χ1v) is 11.0. The van der Waals surface area contributed by atoms with Crippen LogP contribution in [0.2, 0.25) is 0 Å². The summed E-state index contributed by atoms with van der Waals surface area (Å²) in [5.41, 5.74) is 2.10. The number of hydrogen-bond donors (Lipinski definition) is 0. The number of carbonyl (C=O) groups is 2. The maximum absolute atomic E-state index is 12.9. The van der Waals surface area contributed by atoms with Gasteiger partial charge in [-0.2, -0.15) is 0 Å². The van der Waals surface area contributed by atoms with Gasteiger partial charge in [0.15, 0.2) is 0 Å². The van der Waals surface area contributed by atoms with Gasteiger partial charge in [-0.15, -0.1) is 11.8 Å². The Morgan fingerprint density at radius 3 is 2.52 bits per heavy atom. The van der Waals surface area contributed by atoms with E-state index in [-0.39, 0.29) is 11.8 Å². The quantitative estimate of drug-likeness (QED) is 0.634. The summed E-state index contributed by atoms with van der Waals surface area (Å²) >= 11 is 1.58. The highest BCUT2D eigenvalue weighted by atomic mass is 32.2. The molecule has 1 aliphatic rings. The first-order chi connectivity index (χ1) is 14.0. The normalized spacial score (nSPS) is 13.5. The van der Waals surface area contributed by atoms with Crippen LogP contribution in [0.3, 0.4) is 0 Å². The van der Waals surface area contributed by atoms with E-state index >= 15 is 0 Å². The molecule has 2 amide bonds. The van der Waals surface area contributed by atoms with E-state index in [9.17, 15) is 9.59 Å². The highest BCUT2D eigenvalue weighted by Crippen LogP contribution is 2.34. The van der Waals surface area contributed by atoms with Crippen molar-refractivity contribution in [3.8, 4) is 0 Å². The molecule has 0 N–H and O–H groups in total. The van der Waals surface area contributed by atoms with E-state index in [1.165, 1.54) is 0 Å². The Kier molecular flexibility index (Phi) is 7.72. The van der Waals surface area contributed by atoms with Gasteiger partial charge >= 0.3 is 0 Å². The number of para-hydroxylation sites is 1. The number of anilines is 1. The molecular formula is C23H29N3O2S. The highest BCUT2D eigenvalue weighted by Gasteiger charge is 2.24. The van der Waals surface area contributed by atoms with Crippen LogP contribution in [0.5, 0.6) is 0 Å². The third-order valence-corrected chi connectivity index (χ3v) is 6.01. The van der Waals surface area contributed by atoms with Crippen LogP contribution >= 0.6 is 11.8 Å². The van der Waals surface area contributed by atoms with E-state index in [0.29, 0.717) is 38.2 Å². The van der Waals surface area contributed by atoms with Crippen LogP contribution in [0.15, 0.2) is 59.5 Å².